The molecule has 4 heteroatoms. The van der Waals surface area contributed by atoms with Crippen LogP contribution in [0.25, 0.3) is 0 Å². The Bertz CT molecular complexity index is 549. The lowest BCUT2D eigenvalue weighted by Crippen LogP contribution is -2.38. The zero-order valence-corrected chi connectivity index (χ0v) is 15.3. The second kappa shape index (κ2) is 7.33. The molecule has 1 unspecified atom stereocenters. The van der Waals surface area contributed by atoms with E-state index in [0.29, 0.717) is 0 Å². The van der Waals surface area contributed by atoms with E-state index in [1.54, 1.807) is 0 Å². The van der Waals surface area contributed by atoms with Crippen LogP contribution < -0.4 is 4.57 Å². The van der Waals surface area contributed by atoms with Crippen LogP contribution in [0.3, 0.4) is 0 Å². The van der Waals surface area contributed by atoms with Crippen molar-refractivity contribution in [3.8, 4) is 0 Å². The van der Waals surface area contributed by atoms with Crippen molar-refractivity contribution in [2.24, 2.45) is 0 Å². The van der Waals surface area contributed by atoms with E-state index in [1.165, 1.54) is 24.0 Å². The van der Waals surface area contributed by atoms with Crippen LogP contribution in [0.4, 0.5) is 4.79 Å². The van der Waals surface area contributed by atoms with Crippen LogP contribution in [0.2, 0.25) is 0 Å². The number of rotatable bonds is 4. The summed E-state index contributed by atoms with van der Waals surface area (Å²) in [6.07, 6.45) is 8.60. The third-order valence-electron chi connectivity index (χ3n) is 4.11. The Morgan fingerprint density at radius 1 is 1.39 bits per heavy atom. The summed E-state index contributed by atoms with van der Waals surface area (Å²) >= 11 is 0. The van der Waals surface area contributed by atoms with E-state index >= 15 is 0 Å². The van der Waals surface area contributed by atoms with Gasteiger partial charge in [0.25, 0.3) is 0 Å². The van der Waals surface area contributed by atoms with Crippen LogP contribution in [0.5, 0.6) is 0 Å². The highest BCUT2D eigenvalue weighted by molar-refractivity contribution is 5.69. The van der Waals surface area contributed by atoms with Crippen LogP contribution in [-0.2, 0) is 11.3 Å². The molecule has 1 amide bonds. The Morgan fingerprint density at radius 2 is 2.13 bits per heavy atom. The smallest absolute Gasteiger partial charge is 0.410 e. The van der Waals surface area contributed by atoms with Gasteiger partial charge in [0.2, 0.25) is 0 Å². The van der Waals surface area contributed by atoms with Crippen molar-refractivity contribution in [3.63, 3.8) is 0 Å². The van der Waals surface area contributed by atoms with Gasteiger partial charge >= 0.3 is 6.09 Å². The fourth-order valence-corrected chi connectivity index (χ4v) is 3.13. The zero-order chi connectivity index (χ0) is 17.0. The molecular formula is C19H31N2O2+. The van der Waals surface area contributed by atoms with Gasteiger partial charge in [0.15, 0.2) is 12.4 Å². The molecule has 1 aromatic rings. The second-order valence-corrected chi connectivity index (χ2v) is 7.57. The molecule has 1 aromatic heterocycles. The van der Waals surface area contributed by atoms with Gasteiger partial charge in [-0.1, -0.05) is 13.3 Å². The first kappa shape index (κ1) is 17.8. The summed E-state index contributed by atoms with van der Waals surface area (Å²) in [5.74, 6) is 0. The predicted molar refractivity (Wildman–Crippen MR) is 91.2 cm³/mol. The molecule has 2 rings (SSSR count). The fraction of sp³-hybridized carbons (Fsp3) is 0.684. The largest absolute Gasteiger partial charge is 0.444 e. The van der Waals surface area contributed by atoms with Gasteiger partial charge < -0.3 is 9.64 Å². The molecule has 1 atom stereocenters. The van der Waals surface area contributed by atoms with Crippen LogP contribution in [0.15, 0.2) is 18.5 Å². The number of likely N-dealkylation sites (tertiary alicyclic amines) is 1. The van der Waals surface area contributed by atoms with E-state index in [4.69, 9.17) is 4.74 Å². The number of hydrogen-bond acceptors (Lipinski definition) is 2. The molecule has 0 saturated carbocycles. The number of aryl methyl sites for hydroxylation is 2. The summed E-state index contributed by atoms with van der Waals surface area (Å²) in [5.41, 5.74) is 2.02. The average Bonchev–Trinajstić information content (AvgIpc) is 2.92. The van der Waals surface area contributed by atoms with E-state index in [0.717, 1.165) is 25.9 Å². The number of amides is 1. The third-order valence-corrected chi connectivity index (χ3v) is 4.11. The van der Waals surface area contributed by atoms with Crippen LogP contribution in [-0.4, -0.2) is 23.1 Å². The van der Waals surface area contributed by atoms with Gasteiger partial charge in [-0.2, -0.15) is 0 Å². The monoisotopic (exact) mass is 319 g/mol. The minimum Gasteiger partial charge on any atom is -0.444 e. The first-order chi connectivity index (χ1) is 10.8. The minimum atomic E-state index is -0.447. The highest BCUT2D eigenvalue weighted by Gasteiger charge is 2.34. The summed E-state index contributed by atoms with van der Waals surface area (Å²) < 4.78 is 7.84. The van der Waals surface area contributed by atoms with E-state index < -0.39 is 5.60 Å². The van der Waals surface area contributed by atoms with E-state index in [9.17, 15) is 4.79 Å². The zero-order valence-electron chi connectivity index (χ0n) is 15.3. The molecule has 1 aliphatic rings. The number of nitrogens with zero attached hydrogens (tertiary/aromatic N) is 2. The maximum absolute atomic E-state index is 12.5. The number of carbonyl (C=O) groups is 1. The first-order valence-corrected chi connectivity index (χ1v) is 8.80. The van der Waals surface area contributed by atoms with Crippen LogP contribution in [0, 0.1) is 6.92 Å². The van der Waals surface area contributed by atoms with Gasteiger partial charge in [0, 0.05) is 24.1 Å². The molecule has 1 fully saturated rings. The summed E-state index contributed by atoms with van der Waals surface area (Å²) in [7, 11) is 0. The predicted octanol–water partition coefficient (Wildman–Crippen LogP) is 4.15. The van der Waals surface area contributed by atoms with Crippen LogP contribution >= 0.6 is 0 Å². The minimum absolute atomic E-state index is 0.137. The highest BCUT2D eigenvalue weighted by Crippen LogP contribution is 2.32. The molecule has 1 saturated heterocycles. The topological polar surface area (TPSA) is 33.4 Å². The molecule has 4 nitrogen and oxygen atoms in total. The summed E-state index contributed by atoms with van der Waals surface area (Å²) in [6.45, 7) is 11.9. The standard InChI is InChI=1S/C19H31N2O2/c1-6-7-10-20-13-15(2)12-16(14-20)17-9-8-11-21(17)18(22)23-19(3,4)5/h12-14,17H,6-11H2,1-5H3/q+1. The quantitative estimate of drug-likeness (QED) is 0.781. The molecule has 0 spiro atoms. The molecule has 0 radical (unpaired) electrons. The molecule has 0 N–H and O–H groups in total. The van der Waals surface area contributed by atoms with Crippen molar-refractivity contribution in [3.05, 3.63) is 29.6 Å². The number of carbonyl (C=O) groups excluding carboxylic acids is 1. The Balaban J connectivity index is 2.19. The van der Waals surface area contributed by atoms with Crippen LogP contribution in [0.1, 0.15) is 70.5 Å². The van der Waals surface area contributed by atoms with Gasteiger partial charge in [-0.15, -0.1) is 0 Å². The number of ether oxygens (including phenoxy) is 1. The number of hydrogen-bond donors (Lipinski definition) is 0. The van der Waals surface area contributed by atoms with E-state index in [1.807, 2.05) is 25.7 Å². The van der Waals surface area contributed by atoms with Gasteiger partial charge in [-0.3, -0.25) is 0 Å². The van der Waals surface area contributed by atoms with E-state index in [-0.39, 0.29) is 12.1 Å². The van der Waals surface area contributed by atoms with Gasteiger partial charge in [-0.25, -0.2) is 9.36 Å². The summed E-state index contributed by atoms with van der Waals surface area (Å²) in [5, 5.41) is 0. The molecular weight excluding hydrogens is 288 g/mol. The molecule has 128 valence electrons. The fourth-order valence-electron chi connectivity index (χ4n) is 3.13. The van der Waals surface area contributed by atoms with Crippen molar-refractivity contribution in [1.29, 1.82) is 0 Å². The van der Waals surface area contributed by atoms with Crippen molar-refractivity contribution >= 4 is 6.09 Å². The lowest BCUT2D eigenvalue weighted by molar-refractivity contribution is -0.698. The Labute approximate surface area is 140 Å². The maximum atomic E-state index is 12.5. The summed E-state index contributed by atoms with van der Waals surface area (Å²) in [4.78, 5) is 14.4. The Morgan fingerprint density at radius 3 is 2.78 bits per heavy atom. The third kappa shape index (κ3) is 4.95. The maximum Gasteiger partial charge on any atom is 0.410 e. The number of unbranched alkanes of at least 4 members (excludes halogenated alkanes) is 1. The SMILES string of the molecule is CCCC[n+]1cc(C)cc(C2CCCN2C(=O)OC(C)(C)C)c1. The van der Waals surface area contributed by atoms with Gasteiger partial charge in [0.05, 0.1) is 6.04 Å². The van der Waals surface area contributed by atoms with Crippen molar-refractivity contribution in [1.82, 2.24) is 4.90 Å². The first-order valence-electron chi connectivity index (χ1n) is 8.80. The van der Waals surface area contributed by atoms with Gasteiger partial charge in [-0.05, 0) is 46.6 Å². The lowest BCUT2D eigenvalue weighted by atomic mass is 10.0. The highest BCUT2D eigenvalue weighted by atomic mass is 16.6. The number of pyridine rings is 1. The normalized spacial score (nSPS) is 18.3. The van der Waals surface area contributed by atoms with E-state index in [2.05, 4.69) is 36.9 Å². The van der Waals surface area contributed by atoms with Crippen molar-refractivity contribution in [2.45, 2.75) is 78.5 Å². The molecule has 0 aliphatic carbocycles. The molecule has 2 heterocycles. The van der Waals surface area contributed by atoms with Crippen molar-refractivity contribution < 1.29 is 14.1 Å². The average molecular weight is 319 g/mol. The van der Waals surface area contributed by atoms with Gasteiger partial charge in [0.1, 0.15) is 12.1 Å². The number of aromatic nitrogens is 1. The molecule has 0 bridgehead atoms. The summed E-state index contributed by atoms with van der Waals surface area (Å²) in [6, 6.07) is 2.34. The lowest BCUT2D eigenvalue weighted by Gasteiger charge is -2.28. The molecule has 23 heavy (non-hydrogen) atoms. The molecule has 0 aromatic carbocycles. The Hall–Kier alpha value is -1.58. The second-order valence-electron chi connectivity index (χ2n) is 7.57. The molecule has 1 aliphatic heterocycles. The Kier molecular flexibility index (Phi) is 5.66. The van der Waals surface area contributed by atoms with Crippen molar-refractivity contribution in [2.75, 3.05) is 6.54 Å².